The highest BCUT2D eigenvalue weighted by molar-refractivity contribution is 5.71. The first-order valence-electron chi connectivity index (χ1n) is 8.18. The molecular formula is C18H25F2NO2. The fourth-order valence-electron chi connectivity index (χ4n) is 3.07. The van der Waals surface area contributed by atoms with Crippen LogP contribution >= 0.6 is 0 Å². The van der Waals surface area contributed by atoms with Crippen molar-refractivity contribution in [1.82, 2.24) is 5.32 Å². The van der Waals surface area contributed by atoms with E-state index in [-0.39, 0.29) is 12.3 Å². The van der Waals surface area contributed by atoms with Gasteiger partial charge in [0.2, 0.25) is 0 Å². The van der Waals surface area contributed by atoms with Crippen LogP contribution in [0.25, 0.3) is 0 Å². The van der Waals surface area contributed by atoms with Crippen LogP contribution in [0.15, 0.2) is 24.3 Å². The van der Waals surface area contributed by atoms with Gasteiger partial charge in [-0.15, -0.1) is 0 Å². The number of halogens is 2. The fraction of sp³-hybridized carbons (Fsp3) is 0.611. The Labute approximate surface area is 136 Å². The van der Waals surface area contributed by atoms with Gasteiger partial charge in [-0.2, -0.15) is 0 Å². The maximum Gasteiger partial charge on any atom is 0.307 e. The van der Waals surface area contributed by atoms with E-state index in [9.17, 15) is 18.7 Å². The molecule has 1 fully saturated rings. The minimum absolute atomic E-state index is 0.105. The molecule has 1 aliphatic heterocycles. The second-order valence-corrected chi connectivity index (χ2v) is 6.81. The summed E-state index contributed by atoms with van der Waals surface area (Å²) in [4.78, 5) is 11.5. The zero-order valence-electron chi connectivity index (χ0n) is 13.7. The molecular weight excluding hydrogens is 300 g/mol. The van der Waals surface area contributed by atoms with Gasteiger partial charge in [-0.05, 0) is 43.0 Å². The van der Waals surface area contributed by atoms with Crippen LogP contribution in [0.2, 0.25) is 0 Å². The Morgan fingerprint density at radius 3 is 2.65 bits per heavy atom. The smallest absolute Gasteiger partial charge is 0.307 e. The summed E-state index contributed by atoms with van der Waals surface area (Å²) < 4.78 is 27.8. The third kappa shape index (κ3) is 4.74. The van der Waals surface area contributed by atoms with Crippen LogP contribution in [0.3, 0.4) is 0 Å². The van der Waals surface area contributed by atoms with Gasteiger partial charge in [-0.1, -0.05) is 38.1 Å². The van der Waals surface area contributed by atoms with Gasteiger partial charge in [-0.25, -0.2) is 8.78 Å². The van der Waals surface area contributed by atoms with Crippen LogP contribution in [0.5, 0.6) is 0 Å². The lowest BCUT2D eigenvalue weighted by Gasteiger charge is -2.21. The molecule has 0 radical (unpaired) electrons. The SMILES string of the molecule is CC(C)C(F)(F)Cc1cccc(C[C@H](C(=O)O)[C@H]2CCNC2)c1. The van der Waals surface area contributed by atoms with Crippen molar-refractivity contribution in [3.8, 4) is 0 Å². The number of carboxylic acids is 1. The van der Waals surface area contributed by atoms with Crippen molar-refractivity contribution < 1.29 is 18.7 Å². The summed E-state index contributed by atoms with van der Waals surface area (Å²) in [6.07, 6.45) is 0.937. The molecule has 0 amide bonds. The van der Waals surface area contributed by atoms with Crippen LogP contribution in [0.4, 0.5) is 8.78 Å². The summed E-state index contributed by atoms with van der Waals surface area (Å²) in [5.41, 5.74) is 1.39. The maximum atomic E-state index is 13.9. The number of hydrogen-bond acceptors (Lipinski definition) is 2. The highest BCUT2D eigenvalue weighted by Gasteiger charge is 2.34. The predicted octanol–water partition coefficient (Wildman–Crippen LogP) is 3.37. The van der Waals surface area contributed by atoms with Gasteiger partial charge in [0.25, 0.3) is 5.92 Å². The third-order valence-corrected chi connectivity index (χ3v) is 4.72. The van der Waals surface area contributed by atoms with E-state index in [2.05, 4.69) is 5.32 Å². The lowest BCUT2D eigenvalue weighted by Crippen LogP contribution is -2.28. The van der Waals surface area contributed by atoms with Crippen LogP contribution in [-0.4, -0.2) is 30.1 Å². The highest BCUT2D eigenvalue weighted by Crippen LogP contribution is 2.29. The predicted molar refractivity (Wildman–Crippen MR) is 85.7 cm³/mol. The summed E-state index contributed by atoms with van der Waals surface area (Å²) >= 11 is 0. The fourth-order valence-corrected chi connectivity index (χ4v) is 3.07. The van der Waals surface area contributed by atoms with E-state index in [0.29, 0.717) is 18.5 Å². The summed E-state index contributed by atoms with van der Waals surface area (Å²) in [6.45, 7) is 4.58. The Hall–Kier alpha value is -1.49. The van der Waals surface area contributed by atoms with Gasteiger partial charge in [0.05, 0.1) is 5.92 Å². The van der Waals surface area contributed by atoms with Crippen molar-refractivity contribution in [3.63, 3.8) is 0 Å². The van der Waals surface area contributed by atoms with Crippen molar-refractivity contribution >= 4 is 5.97 Å². The van der Waals surface area contributed by atoms with Crippen LogP contribution < -0.4 is 5.32 Å². The molecule has 0 aromatic heterocycles. The molecule has 0 saturated carbocycles. The molecule has 3 nitrogen and oxygen atoms in total. The normalized spacial score (nSPS) is 20.0. The Kier molecular flexibility index (Phi) is 5.74. The van der Waals surface area contributed by atoms with Crippen molar-refractivity contribution in [2.45, 2.75) is 39.0 Å². The lowest BCUT2D eigenvalue weighted by molar-refractivity contribution is -0.143. The number of carbonyl (C=O) groups is 1. The molecule has 1 saturated heterocycles. The number of benzene rings is 1. The standard InChI is InChI=1S/C18H25F2NO2/c1-12(2)18(19,20)10-14-5-3-4-13(8-14)9-16(17(22)23)15-6-7-21-11-15/h3-5,8,12,15-16,21H,6-7,9-11H2,1-2H3,(H,22,23)/t15-,16-/m0/s1. The van der Waals surface area contributed by atoms with Crippen molar-refractivity contribution in [2.24, 2.45) is 17.8 Å². The van der Waals surface area contributed by atoms with Gasteiger partial charge in [0, 0.05) is 12.3 Å². The second-order valence-electron chi connectivity index (χ2n) is 6.81. The quantitative estimate of drug-likeness (QED) is 0.808. The van der Waals surface area contributed by atoms with E-state index >= 15 is 0 Å². The molecule has 0 unspecified atom stereocenters. The molecule has 1 aromatic carbocycles. The number of hydrogen-bond donors (Lipinski definition) is 2. The first-order valence-corrected chi connectivity index (χ1v) is 8.18. The minimum Gasteiger partial charge on any atom is -0.481 e. The molecule has 0 bridgehead atoms. The number of aliphatic carboxylic acids is 1. The molecule has 0 aliphatic carbocycles. The molecule has 0 spiro atoms. The maximum absolute atomic E-state index is 13.9. The molecule has 2 atom stereocenters. The van der Waals surface area contributed by atoms with E-state index in [1.807, 2.05) is 6.07 Å². The average Bonchev–Trinajstić information content (AvgIpc) is 2.98. The number of alkyl halides is 2. The lowest BCUT2D eigenvalue weighted by atomic mass is 9.85. The highest BCUT2D eigenvalue weighted by atomic mass is 19.3. The van der Waals surface area contributed by atoms with Crippen molar-refractivity contribution in [3.05, 3.63) is 35.4 Å². The molecule has 2 N–H and O–H groups in total. The summed E-state index contributed by atoms with van der Waals surface area (Å²) in [5, 5.41) is 12.7. The number of nitrogens with one attached hydrogen (secondary N) is 1. The summed E-state index contributed by atoms with van der Waals surface area (Å²) in [7, 11) is 0. The molecule has 1 aromatic rings. The van der Waals surface area contributed by atoms with Crippen LogP contribution in [0.1, 0.15) is 31.4 Å². The second kappa shape index (κ2) is 7.39. The summed E-state index contributed by atoms with van der Waals surface area (Å²) in [6, 6.07) is 6.99. The number of rotatable bonds is 7. The first-order chi connectivity index (χ1) is 10.8. The molecule has 1 heterocycles. The van der Waals surface area contributed by atoms with E-state index in [4.69, 9.17) is 0 Å². The Morgan fingerprint density at radius 2 is 2.09 bits per heavy atom. The van der Waals surface area contributed by atoms with E-state index in [0.717, 1.165) is 18.5 Å². The number of carboxylic acid groups (broad SMARTS) is 1. The average molecular weight is 325 g/mol. The summed E-state index contributed by atoms with van der Waals surface area (Å²) in [5.74, 6) is -4.64. The Morgan fingerprint density at radius 1 is 1.39 bits per heavy atom. The van der Waals surface area contributed by atoms with E-state index in [1.165, 1.54) is 13.8 Å². The van der Waals surface area contributed by atoms with Crippen molar-refractivity contribution in [1.29, 1.82) is 0 Å². The third-order valence-electron chi connectivity index (χ3n) is 4.72. The van der Waals surface area contributed by atoms with Crippen LogP contribution in [-0.2, 0) is 17.6 Å². The van der Waals surface area contributed by atoms with E-state index in [1.54, 1.807) is 18.2 Å². The van der Waals surface area contributed by atoms with Gasteiger partial charge in [-0.3, -0.25) is 4.79 Å². The van der Waals surface area contributed by atoms with Gasteiger partial charge >= 0.3 is 5.97 Å². The molecule has 5 heteroatoms. The Balaban J connectivity index is 2.10. The largest absolute Gasteiger partial charge is 0.481 e. The topological polar surface area (TPSA) is 49.3 Å². The van der Waals surface area contributed by atoms with Gasteiger partial charge in [0.15, 0.2) is 0 Å². The Bertz CT molecular complexity index is 540. The molecule has 128 valence electrons. The van der Waals surface area contributed by atoms with E-state index < -0.39 is 23.7 Å². The minimum atomic E-state index is -2.75. The van der Waals surface area contributed by atoms with Gasteiger partial charge in [0.1, 0.15) is 0 Å². The molecule has 1 aliphatic rings. The first kappa shape index (κ1) is 17.9. The monoisotopic (exact) mass is 325 g/mol. The van der Waals surface area contributed by atoms with Crippen molar-refractivity contribution in [2.75, 3.05) is 13.1 Å². The molecule has 23 heavy (non-hydrogen) atoms. The van der Waals surface area contributed by atoms with Gasteiger partial charge < -0.3 is 10.4 Å². The zero-order valence-corrected chi connectivity index (χ0v) is 13.7. The van der Waals surface area contributed by atoms with Crippen LogP contribution in [0, 0.1) is 17.8 Å². The zero-order chi connectivity index (χ0) is 17.0. The molecule has 2 rings (SSSR count).